The predicted molar refractivity (Wildman–Crippen MR) is 248 cm³/mol. The van der Waals surface area contributed by atoms with Gasteiger partial charge in [0.2, 0.25) is 11.8 Å². The van der Waals surface area contributed by atoms with Gasteiger partial charge < -0.3 is 41.3 Å². The number of carboxylic acid groups (broad SMARTS) is 2. The van der Waals surface area contributed by atoms with Crippen molar-refractivity contribution < 1.29 is 39.0 Å². The lowest BCUT2D eigenvalue weighted by atomic mass is 9.70. The highest BCUT2D eigenvalue weighted by molar-refractivity contribution is 6.01. The van der Waals surface area contributed by atoms with E-state index in [9.17, 15) is 39.0 Å². The van der Waals surface area contributed by atoms with Crippen LogP contribution in [0.5, 0.6) is 0 Å². The minimum Gasteiger partial charge on any atom is -0.465 e. The number of likely N-dealkylation sites (tertiary alicyclic amines) is 2. The van der Waals surface area contributed by atoms with Crippen LogP contribution in [0.15, 0.2) is 97.1 Å². The van der Waals surface area contributed by atoms with Crippen LogP contribution in [0.1, 0.15) is 125 Å². The van der Waals surface area contributed by atoms with E-state index in [1.165, 1.54) is 9.80 Å². The standard InChI is InChI=1S/C51H60N6O8/c1-3-5-13-27-51(28-14-6-4-2)39-31-35(52-45(58)41-21-15-29-56(41)47(60)43(54-49(62)63)33-17-9-7-10-18-33)23-25-37(39)38-26-24-36(32-40(38)51)53-46(59)42-22-16-30-57(42)48(61)44(55-50(64)65)34-19-11-8-12-20-34/h7-12,17-20,23-26,31-32,41-44,54-55H,3-6,13-16,21-22,27-30H2,1-2H3,(H,52,58)(H,53,59)(H,62,63)(H,64,65)/t41-,42-,43?,44?/m0/s1. The van der Waals surface area contributed by atoms with Crippen molar-refractivity contribution in [3.8, 4) is 11.1 Å². The summed E-state index contributed by atoms with van der Waals surface area (Å²) in [7, 11) is 0. The molecule has 0 saturated carbocycles. The SMILES string of the molecule is CCCCCC1(CCCCC)c2cc(NC(=O)[C@@H]3CCCN3C(=O)C(NC(=O)O)c3ccccc3)ccc2-c2ccc(NC(=O)[C@@H]3CCCN3C(=O)C(NC(=O)O)c3ccccc3)cc21. The number of unbranched alkanes of at least 4 members (excludes halogenated alkanes) is 4. The number of rotatable bonds is 18. The summed E-state index contributed by atoms with van der Waals surface area (Å²) in [6, 6.07) is 25.4. The van der Waals surface area contributed by atoms with Gasteiger partial charge in [0.05, 0.1) is 0 Å². The van der Waals surface area contributed by atoms with Crippen molar-refractivity contribution in [1.29, 1.82) is 0 Å². The van der Waals surface area contributed by atoms with Crippen molar-refractivity contribution in [2.24, 2.45) is 0 Å². The summed E-state index contributed by atoms with van der Waals surface area (Å²) in [5.41, 5.74) is 6.06. The van der Waals surface area contributed by atoms with Crippen LogP contribution in [0, 0.1) is 0 Å². The molecular weight excluding hydrogens is 825 g/mol. The molecule has 1 aliphatic carbocycles. The number of carbonyl (C=O) groups excluding carboxylic acids is 4. The number of hydrogen-bond donors (Lipinski definition) is 6. The first-order valence-electron chi connectivity index (χ1n) is 23.1. The summed E-state index contributed by atoms with van der Waals surface area (Å²) in [5, 5.41) is 30.2. The molecule has 0 spiro atoms. The van der Waals surface area contributed by atoms with Crippen LogP contribution in [0.2, 0.25) is 0 Å². The van der Waals surface area contributed by atoms with Crippen LogP contribution < -0.4 is 21.3 Å². The molecule has 0 aromatic heterocycles. The van der Waals surface area contributed by atoms with E-state index in [4.69, 9.17) is 0 Å². The molecule has 2 saturated heterocycles. The van der Waals surface area contributed by atoms with Gasteiger partial charge >= 0.3 is 12.2 Å². The largest absolute Gasteiger partial charge is 0.465 e. The zero-order valence-electron chi connectivity index (χ0n) is 37.2. The average Bonchev–Trinajstić information content (AvgIpc) is 4.06. The van der Waals surface area contributed by atoms with E-state index >= 15 is 0 Å². The van der Waals surface area contributed by atoms with Crippen LogP contribution in [-0.4, -0.2) is 81.0 Å². The summed E-state index contributed by atoms with van der Waals surface area (Å²) < 4.78 is 0. The van der Waals surface area contributed by atoms with E-state index in [0.717, 1.165) is 73.6 Å². The summed E-state index contributed by atoms with van der Waals surface area (Å²) in [6.07, 6.45) is 7.17. The molecule has 4 aromatic rings. The number of nitrogens with zero attached hydrogens (tertiary/aromatic N) is 2. The molecule has 65 heavy (non-hydrogen) atoms. The Morgan fingerprint density at radius 2 is 0.985 bits per heavy atom. The maximum Gasteiger partial charge on any atom is 0.405 e. The van der Waals surface area contributed by atoms with Crippen LogP contribution >= 0.6 is 0 Å². The van der Waals surface area contributed by atoms with E-state index in [2.05, 4.69) is 47.2 Å². The summed E-state index contributed by atoms with van der Waals surface area (Å²) in [4.78, 5) is 82.7. The quantitative estimate of drug-likeness (QED) is 0.0532. The number of benzene rings is 4. The molecule has 2 fully saturated rings. The van der Waals surface area contributed by atoms with Crippen LogP contribution in [0.3, 0.4) is 0 Å². The fourth-order valence-corrected chi connectivity index (χ4v) is 10.2. The third kappa shape index (κ3) is 10.2. The van der Waals surface area contributed by atoms with Crippen molar-refractivity contribution in [1.82, 2.24) is 20.4 Å². The molecule has 3 aliphatic rings. The minimum atomic E-state index is -1.33. The lowest BCUT2D eigenvalue weighted by Crippen LogP contribution is -2.48. The molecule has 2 unspecified atom stereocenters. The minimum absolute atomic E-state index is 0.323. The maximum atomic E-state index is 14.2. The second kappa shape index (κ2) is 20.9. The molecule has 7 rings (SSSR count). The zero-order valence-corrected chi connectivity index (χ0v) is 37.2. The zero-order chi connectivity index (χ0) is 46.1. The van der Waals surface area contributed by atoms with Gasteiger partial charge in [-0.15, -0.1) is 0 Å². The molecule has 6 N–H and O–H groups in total. The van der Waals surface area contributed by atoms with Crippen molar-refractivity contribution in [3.05, 3.63) is 119 Å². The maximum absolute atomic E-state index is 14.2. The van der Waals surface area contributed by atoms with Gasteiger partial charge in [0.1, 0.15) is 24.2 Å². The molecule has 14 nitrogen and oxygen atoms in total. The van der Waals surface area contributed by atoms with E-state index in [1.807, 2.05) is 24.3 Å². The number of fused-ring (bicyclic) bond motifs is 3. The highest BCUT2D eigenvalue weighted by Gasteiger charge is 2.44. The summed E-state index contributed by atoms with van der Waals surface area (Å²) >= 11 is 0. The van der Waals surface area contributed by atoms with Crippen LogP contribution in [0.25, 0.3) is 11.1 Å². The summed E-state index contributed by atoms with van der Waals surface area (Å²) in [6.45, 7) is 5.00. The topological polar surface area (TPSA) is 197 Å². The Labute approximate surface area is 380 Å². The van der Waals surface area contributed by atoms with Gasteiger partial charge in [0, 0.05) is 29.9 Å². The third-order valence-corrected chi connectivity index (χ3v) is 13.3. The smallest absolute Gasteiger partial charge is 0.405 e. The van der Waals surface area contributed by atoms with E-state index in [0.29, 0.717) is 61.3 Å². The van der Waals surface area contributed by atoms with Crippen molar-refractivity contribution in [2.45, 2.75) is 120 Å². The molecule has 4 aromatic carbocycles. The Hall–Kier alpha value is -6.70. The van der Waals surface area contributed by atoms with Gasteiger partial charge in [-0.25, -0.2) is 9.59 Å². The monoisotopic (exact) mass is 884 g/mol. The van der Waals surface area contributed by atoms with E-state index in [1.54, 1.807) is 60.7 Å². The second-order valence-corrected chi connectivity index (χ2v) is 17.5. The molecule has 0 bridgehead atoms. The number of hydrogen-bond acceptors (Lipinski definition) is 6. The molecule has 342 valence electrons. The first-order valence-corrected chi connectivity index (χ1v) is 23.1. The number of amides is 6. The lowest BCUT2D eigenvalue weighted by Gasteiger charge is -2.33. The van der Waals surface area contributed by atoms with Crippen LogP contribution in [0.4, 0.5) is 21.0 Å². The molecule has 4 atom stereocenters. The van der Waals surface area contributed by atoms with Crippen LogP contribution in [-0.2, 0) is 24.6 Å². The third-order valence-electron chi connectivity index (χ3n) is 13.3. The van der Waals surface area contributed by atoms with Gasteiger partial charge in [-0.05, 0) is 96.2 Å². The average molecular weight is 885 g/mol. The normalized spacial score (nSPS) is 17.9. The molecule has 14 heteroatoms. The molecule has 2 aliphatic heterocycles. The Bertz CT molecular complexity index is 2210. The number of anilines is 2. The number of nitrogens with one attached hydrogen (secondary N) is 4. The Morgan fingerprint density at radius 1 is 0.585 bits per heavy atom. The van der Waals surface area contributed by atoms with Gasteiger partial charge in [0.15, 0.2) is 0 Å². The Kier molecular flexibility index (Phi) is 14.9. The highest BCUT2D eigenvalue weighted by atomic mass is 16.4. The van der Waals surface area contributed by atoms with Gasteiger partial charge in [-0.1, -0.05) is 125 Å². The van der Waals surface area contributed by atoms with Gasteiger partial charge in [-0.3, -0.25) is 19.2 Å². The first-order chi connectivity index (χ1) is 31.4. The fraction of sp³-hybridized carbons (Fsp3) is 0.412. The number of carbonyl (C=O) groups is 6. The van der Waals surface area contributed by atoms with Gasteiger partial charge in [-0.2, -0.15) is 0 Å². The van der Waals surface area contributed by atoms with E-state index in [-0.39, 0.29) is 11.8 Å². The molecule has 2 heterocycles. The summed E-state index contributed by atoms with van der Waals surface area (Å²) in [5.74, 6) is -1.63. The first kappa shape index (κ1) is 46.3. The molecule has 0 radical (unpaired) electrons. The van der Waals surface area contributed by atoms with Crippen molar-refractivity contribution in [3.63, 3.8) is 0 Å². The van der Waals surface area contributed by atoms with Crippen molar-refractivity contribution >= 4 is 47.2 Å². The Morgan fingerprint density at radius 3 is 1.35 bits per heavy atom. The second-order valence-electron chi connectivity index (χ2n) is 17.5. The molecular formula is C51H60N6O8. The van der Waals surface area contributed by atoms with Gasteiger partial charge in [0.25, 0.3) is 11.8 Å². The lowest BCUT2D eigenvalue weighted by molar-refractivity contribution is -0.138. The fourth-order valence-electron chi connectivity index (χ4n) is 10.2. The van der Waals surface area contributed by atoms with Crippen molar-refractivity contribution in [2.75, 3.05) is 23.7 Å². The van der Waals surface area contributed by atoms with E-state index < -0.39 is 53.6 Å². The predicted octanol–water partition coefficient (Wildman–Crippen LogP) is 8.99. The highest BCUT2D eigenvalue weighted by Crippen LogP contribution is 2.55. The molecule has 6 amide bonds. The Balaban J connectivity index is 1.16.